The molecule has 0 unspecified atom stereocenters. The van der Waals surface area contributed by atoms with Crippen molar-refractivity contribution in [3.05, 3.63) is 42.1 Å². The monoisotopic (exact) mass is 536 g/mol. The molecule has 202 valence electrons. The van der Waals surface area contributed by atoms with Gasteiger partial charge < -0.3 is 19.1 Å². The van der Waals surface area contributed by atoms with Crippen molar-refractivity contribution in [1.29, 1.82) is 0 Å². The number of halogens is 2. The molecule has 2 aliphatic heterocycles. The Hall–Kier alpha value is -4.23. The second kappa shape index (κ2) is 8.92. The largest absolute Gasteiger partial charge is 0.432 e. The molecule has 2 fully saturated rings. The zero-order valence-corrected chi connectivity index (χ0v) is 21.2. The Morgan fingerprint density at radius 1 is 1.13 bits per heavy atom. The number of ether oxygens (including phenoxy) is 1. The lowest BCUT2D eigenvalue weighted by molar-refractivity contribution is -0.138. The molecule has 39 heavy (non-hydrogen) atoms. The number of carbonyl (C=O) groups excluding carboxylic acids is 1. The van der Waals surface area contributed by atoms with Gasteiger partial charge >= 0.3 is 6.61 Å². The van der Waals surface area contributed by atoms with E-state index in [-0.39, 0.29) is 28.6 Å². The number of aromatic nitrogens is 8. The first-order valence-electron chi connectivity index (χ1n) is 13.0. The zero-order valence-electron chi connectivity index (χ0n) is 21.2. The van der Waals surface area contributed by atoms with Gasteiger partial charge in [0.1, 0.15) is 11.3 Å². The van der Waals surface area contributed by atoms with Crippen molar-refractivity contribution in [3.63, 3.8) is 0 Å². The van der Waals surface area contributed by atoms with Gasteiger partial charge in [-0.05, 0) is 44.7 Å². The van der Waals surface area contributed by atoms with Crippen molar-refractivity contribution in [1.82, 2.24) is 44.6 Å². The first-order valence-corrected chi connectivity index (χ1v) is 13.0. The molecule has 12 nitrogen and oxygen atoms in total. The van der Waals surface area contributed by atoms with Crippen molar-refractivity contribution >= 4 is 22.9 Å². The fourth-order valence-electron chi connectivity index (χ4n) is 5.99. The van der Waals surface area contributed by atoms with Crippen LogP contribution < -0.4 is 9.64 Å². The lowest BCUT2D eigenvalue weighted by Crippen LogP contribution is -2.43. The van der Waals surface area contributed by atoms with Gasteiger partial charge in [-0.3, -0.25) is 4.79 Å². The van der Waals surface area contributed by atoms with E-state index in [4.69, 9.17) is 4.98 Å². The number of amides is 1. The number of carbonyl (C=O) groups is 1. The van der Waals surface area contributed by atoms with Crippen LogP contribution in [0.25, 0.3) is 16.9 Å². The fourth-order valence-corrected chi connectivity index (χ4v) is 5.99. The number of nitrogens with zero attached hydrogens (tertiary/aromatic N) is 10. The number of hydrogen-bond acceptors (Lipinski definition) is 9. The molecule has 1 saturated heterocycles. The lowest BCUT2D eigenvalue weighted by Gasteiger charge is -2.34. The van der Waals surface area contributed by atoms with Crippen LogP contribution in [0.3, 0.4) is 0 Å². The summed E-state index contributed by atoms with van der Waals surface area (Å²) >= 11 is 0. The summed E-state index contributed by atoms with van der Waals surface area (Å²) < 4.78 is 33.7. The van der Waals surface area contributed by atoms with Gasteiger partial charge in [-0.25, -0.2) is 4.98 Å². The Morgan fingerprint density at radius 3 is 2.79 bits per heavy atom. The highest BCUT2D eigenvalue weighted by Gasteiger charge is 2.55. The van der Waals surface area contributed by atoms with Crippen molar-refractivity contribution < 1.29 is 18.3 Å². The molecule has 14 heteroatoms. The fraction of sp³-hybridized carbons (Fsp3) is 0.480. The average Bonchev–Trinajstić information content (AvgIpc) is 3.26. The molecule has 0 N–H and O–H groups in total. The van der Waals surface area contributed by atoms with Crippen molar-refractivity contribution in [3.8, 4) is 11.6 Å². The molecule has 0 atom stereocenters. The van der Waals surface area contributed by atoms with Gasteiger partial charge in [-0.2, -0.15) is 18.4 Å². The molecule has 0 radical (unpaired) electrons. The number of benzene rings is 1. The second-order valence-electron chi connectivity index (χ2n) is 10.4. The smallest absolute Gasteiger partial charge is 0.387 e. The first-order chi connectivity index (χ1) is 18.9. The molecule has 4 aromatic rings. The number of rotatable bonds is 5. The van der Waals surface area contributed by atoms with E-state index < -0.39 is 6.61 Å². The number of alkyl halides is 2. The molecule has 7 rings (SSSR count). The van der Waals surface area contributed by atoms with Crippen LogP contribution in [0.1, 0.15) is 37.3 Å². The van der Waals surface area contributed by atoms with Crippen LogP contribution >= 0.6 is 0 Å². The summed E-state index contributed by atoms with van der Waals surface area (Å²) in [7, 11) is 0. The molecule has 0 bridgehead atoms. The number of aryl methyl sites for hydroxylation is 1. The minimum Gasteiger partial charge on any atom is -0.432 e. The predicted octanol–water partition coefficient (Wildman–Crippen LogP) is 2.50. The van der Waals surface area contributed by atoms with Crippen LogP contribution in [0, 0.1) is 12.8 Å². The molecule has 5 heterocycles. The topological polar surface area (TPSA) is 120 Å². The highest BCUT2D eigenvalue weighted by Crippen LogP contribution is 2.48. The summed E-state index contributed by atoms with van der Waals surface area (Å²) in [5.74, 6) is 2.97. The SMILES string of the molecule is Cc1nnc2n1CCN(C(=O)C1CCC3(CC1)CN3c1nccc(-n3nnc4c(OC(F)F)cccc43)n1)C2. The minimum atomic E-state index is -2.96. The third-order valence-corrected chi connectivity index (χ3v) is 8.18. The maximum Gasteiger partial charge on any atom is 0.387 e. The van der Waals surface area contributed by atoms with E-state index in [9.17, 15) is 13.6 Å². The molecule has 1 aliphatic carbocycles. The summed E-state index contributed by atoms with van der Waals surface area (Å²) in [6, 6.07) is 6.46. The van der Waals surface area contributed by atoms with Crippen molar-refractivity contribution in [2.45, 2.75) is 57.8 Å². The van der Waals surface area contributed by atoms with Crippen LogP contribution in [-0.2, 0) is 17.9 Å². The Kier molecular flexibility index (Phi) is 5.45. The van der Waals surface area contributed by atoms with Crippen LogP contribution in [0.15, 0.2) is 30.5 Å². The normalized spacial score (nSPS) is 22.5. The highest BCUT2D eigenvalue weighted by molar-refractivity contribution is 5.82. The summed E-state index contributed by atoms with van der Waals surface area (Å²) in [5.41, 5.74) is 0.689. The quantitative estimate of drug-likeness (QED) is 0.354. The second-order valence-corrected chi connectivity index (χ2v) is 10.4. The van der Waals surface area contributed by atoms with E-state index in [1.807, 2.05) is 11.8 Å². The summed E-state index contributed by atoms with van der Waals surface area (Å²) in [6.07, 6.45) is 5.07. The van der Waals surface area contributed by atoms with Crippen molar-refractivity contribution in [2.24, 2.45) is 5.92 Å². The molecule has 1 spiro atoms. The summed E-state index contributed by atoms with van der Waals surface area (Å²) in [4.78, 5) is 26.6. The van der Waals surface area contributed by atoms with E-state index in [0.717, 1.165) is 50.4 Å². The van der Waals surface area contributed by atoms with Gasteiger partial charge in [0.15, 0.2) is 22.9 Å². The Labute approximate surface area is 221 Å². The molecule has 1 amide bonds. The Bertz CT molecular complexity index is 1560. The molecule has 1 saturated carbocycles. The number of fused-ring (bicyclic) bond motifs is 2. The zero-order chi connectivity index (χ0) is 26.7. The number of anilines is 1. The maximum atomic E-state index is 13.3. The van der Waals surface area contributed by atoms with Crippen LogP contribution in [0.4, 0.5) is 14.7 Å². The van der Waals surface area contributed by atoms with Crippen molar-refractivity contribution in [2.75, 3.05) is 18.0 Å². The van der Waals surface area contributed by atoms with E-state index in [2.05, 4.69) is 39.7 Å². The first kappa shape index (κ1) is 23.9. The summed E-state index contributed by atoms with van der Waals surface area (Å²) in [6.45, 7) is 1.74. The van der Waals surface area contributed by atoms with Gasteiger partial charge in [0.25, 0.3) is 0 Å². The van der Waals surface area contributed by atoms with Gasteiger partial charge in [0.05, 0.1) is 12.1 Å². The lowest BCUT2D eigenvalue weighted by atomic mass is 9.80. The van der Waals surface area contributed by atoms with Gasteiger partial charge in [0, 0.05) is 37.8 Å². The highest BCUT2D eigenvalue weighted by atomic mass is 19.3. The molecule has 3 aliphatic rings. The van der Waals surface area contributed by atoms with E-state index in [0.29, 0.717) is 30.4 Å². The average molecular weight is 537 g/mol. The van der Waals surface area contributed by atoms with Crippen LogP contribution in [0.5, 0.6) is 5.75 Å². The minimum absolute atomic E-state index is 0.00654. The standard InChI is InChI=1S/C25H26F2N10O2/c1-15-30-31-20-13-34(11-12-35(15)20)22(38)16-5-8-25(9-6-16)14-36(25)24-28-10-7-19(29-24)37-17-3-2-4-18(39-23(26)27)21(17)32-33-37/h2-4,7,10,16,23H,5-6,8-9,11-14H2,1H3. The van der Waals surface area contributed by atoms with Gasteiger partial charge in [-0.1, -0.05) is 11.3 Å². The van der Waals surface area contributed by atoms with Gasteiger partial charge in [0.2, 0.25) is 11.9 Å². The van der Waals surface area contributed by atoms with E-state index in [1.165, 1.54) is 10.7 Å². The molecule has 3 aromatic heterocycles. The molecular weight excluding hydrogens is 510 g/mol. The maximum absolute atomic E-state index is 13.3. The predicted molar refractivity (Wildman–Crippen MR) is 133 cm³/mol. The third-order valence-electron chi connectivity index (χ3n) is 8.18. The van der Waals surface area contributed by atoms with Crippen LogP contribution in [0.2, 0.25) is 0 Å². The summed E-state index contributed by atoms with van der Waals surface area (Å²) in [5, 5.41) is 16.5. The van der Waals surface area contributed by atoms with E-state index in [1.54, 1.807) is 24.4 Å². The Morgan fingerprint density at radius 2 is 1.97 bits per heavy atom. The Balaban J connectivity index is 1.03. The molecule has 1 aromatic carbocycles. The van der Waals surface area contributed by atoms with Gasteiger partial charge in [-0.15, -0.1) is 15.3 Å². The third kappa shape index (κ3) is 4.05. The molecular formula is C25H26F2N10O2. The number of hydrogen-bond donors (Lipinski definition) is 0. The van der Waals surface area contributed by atoms with E-state index >= 15 is 0 Å². The van der Waals surface area contributed by atoms with Crippen LogP contribution in [-0.4, -0.2) is 75.8 Å².